The summed E-state index contributed by atoms with van der Waals surface area (Å²) in [5, 5.41) is 8.17. The highest BCUT2D eigenvalue weighted by molar-refractivity contribution is 5.53. The molecule has 15 heavy (non-hydrogen) atoms. The second-order valence-electron chi connectivity index (χ2n) is 2.73. The van der Waals surface area contributed by atoms with Crippen LogP contribution >= 0.6 is 0 Å². The van der Waals surface area contributed by atoms with E-state index in [-0.39, 0.29) is 5.56 Å². The second-order valence-corrected chi connectivity index (χ2v) is 2.73. The van der Waals surface area contributed by atoms with Gasteiger partial charge in [0, 0.05) is 6.08 Å². The van der Waals surface area contributed by atoms with Crippen molar-refractivity contribution >= 4 is 6.08 Å². The number of alkyl halides is 3. The van der Waals surface area contributed by atoms with E-state index < -0.39 is 17.6 Å². The summed E-state index contributed by atoms with van der Waals surface area (Å²) in [6.45, 7) is 0. The van der Waals surface area contributed by atoms with Gasteiger partial charge in [-0.15, -0.1) is 0 Å². The molecule has 0 saturated heterocycles. The third-order valence-corrected chi connectivity index (χ3v) is 1.60. The smallest absolute Gasteiger partial charge is 0.207 e. The van der Waals surface area contributed by atoms with Crippen molar-refractivity contribution in [2.24, 2.45) is 0 Å². The topological polar surface area (TPSA) is 23.8 Å². The van der Waals surface area contributed by atoms with Gasteiger partial charge in [-0.1, -0.05) is 0 Å². The maximum Gasteiger partial charge on any atom is 0.416 e. The molecule has 0 atom stereocenters. The van der Waals surface area contributed by atoms with E-state index in [0.717, 1.165) is 24.3 Å². The van der Waals surface area contributed by atoms with E-state index in [0.29, 0.717) is 6.07 Å². The first-order valence-electron chi connectivity index (χ1n) is 3.87. The molecule has 0 aliphatic heterocycles. The van der Waals surface area contributed by atoms with Crippen LogP contribution in [0.3, 0.4) is 0 Å². The third kappa shape index (κ3) is 3.09. The molecule has 78 valence electrons. The highest BCUT2D eigenvalue weighted by atomic mass is 19.4. The molecule has 0 unspecified atom stereocenters. The van der Waals surface area contributed by atoms with Crippen molar-refractivity contribution in [2.75, 3.05) is 0 Å². The monoisotopic (exact) mass is 215 g/mol. The van der Waals surface area contributed by atoms with Crippen molar-refractivity contribution in [3.05, 3.63) is 41.2 Å². The number of nitrogens with zero attached hydrogens (tertiary/aromatic N) is 1. The SMILES string of the molecule is N#C/C=C/c1cc(F)cc(C(F)(F)F)c1. The summed E-state index contributed by atoms with van der Waals surface area (Å²) in [6.07, 6.45) is -2.50. The van der Waals surface area contributed by atoms with E-state index in [4.69, 9.17) is 5.26 Å². The number of nitriles is 1. The van der Waals surface area contributed by atoms with Crippen molar-refractivity contribution in [1.82, 2.24) is 0 Å². The van der Waals surface area contributed by atoms with Crippen LogP contribution in [0.15, 0.2) is 24.3 Å². The fraction of sp³-hybridized carbons (Fsp3) is 0.100. The molecular weight excluding hydrogens is 210 g/mol. The summed E-state index contributed by atoms with van der Waals surface area (Å²) >= 11 is 0. The normalized spacial score (nSPS) is 11.7. The molecule has 0 radical (unpaired) electrons. The molecule has 0 N–H and O–H groups in total. The summed E-state index contributed by atoms with van der Waals surface area (Å²) < 4.78 is 49.4. The molecule has 0 heterocycles. The van der Waals surface area contributed by atoms with E-state index in [1.54, 1.807) is 6.07 Å². The fourth-order valence-electron chi connectivity index (χ4n) is 1.01. The van der Waals surface area contributed by atoms with Gasteiger partial charge in [-0.25, -0.2) is 4.39 Å². The first-order chi connectivity index (χ1) is 6.93. The number of halogens is 4. The fourth-order valence-corrected chi connectivity index (χ4v) is 1.01. The lowest BCUT2D eigenvalue weighted by atomic mass is 10.1. The number of rotatable bonds is 1. The Morgan fingerprint density at radius 1 is 1.20 bits per heavy atom. The Hall–Kier alpha value is -1.83. The Bertz CT molecular complexity index is 426. The van der Waals surface area contributed by atoms with Gasteiger partial charge >= 0.3 is 6.18 Å². The molecule has 1 rings (SSSR count). The lowest BCUT2D eigenvalue weighted by Gasteiger charge is -2.07. The van der Waals surface area contributed by atoms with Crippen molar-refractivity contribution in [1.29, 1.82) is 5.26 Å². The van der Waals surface area contributed by atoms with Gasteiger partial charge in [0.25, 0.3) is 0 Å². The molecule has 0 amide bonds. The minimum absolute atomic E-state index is 0.00359. The predicted octanol–water partition coefficient (Wildman–Crippen LogP) is 3.38. The molecule has 0 bridgehead atoms. The quantitative estimate of drug-likeness (QED) is 0.520. The summed E-state index contributed by atoms with van der Waals surface area (Å²) in [5.74, 6) is -0.984. The Balaban J connectivity index is 3.18. The van der Waals surface area contributed by atoms with Gasteiger partial charge in [0.15, 0.2) is 0 Å². The Morgan fingerprint density at radius 2 is 1.87 bits per heavy atom. The highest BCUT2D eigenvalue weighted by Gasteiger charge is 2.31. The highest BCUT2D eigenvalue weighted by Crippen LogP contribution is 2.30. The molecule has 0 aliphatic carbocycles. The summed E-state index contributed by atoms with van der Waals surface area (Å²) in [4.78, 5) is 0. The first kappa shape index (κ1) is 11.2. The minimum atomic E-state index is -4.59. The molecule has 0 fully saturated rings. The first-order valence-corrected chi connectivity index (χ1v) is 3.87. The van der Waals surface area contributed by atoms with Gasteiger partial charge in [0.1, 0.15) is 5.82 Å². The van der Waals surface area contributed by atoms with Gasteiger partial charge in [0.2, 0.25) is 0 Å². The number of benzene rings is 1. The average molecular weight is 215 g/mol. The van der Waals surface area contributed by atoms with E-state index in [9.17, 15) is 17.6 Å². The predicted molar refractivity (Wildman–Crippen MR) is 46.0 cm³/mol. The standard InChI is InChI=1S/C10H5F4N/c11-9-5-7(2-1-3-15)4-8(6-9)10(12,13)14/h1-2,4-6H/b2-1+. The van der Waals surface area contributed by atoms with Gasteiger partial charge in [0.05, 0.1) is 11.6 Å². The lowest BCUT2D eigenvalue weighted by molar-refractivity contribution is -0.137. The maximum atomic E-state index is 12.8. The second kappa shape index (κ2) is 4.13. The van der Waals surface area contributed by atoms with E-state index >= 15 is 0 Å². The average Bonchev–Trinajstić information content (AvgIpc) is 2.12. The molecular formula is C10H5F4N. The van der Waals surface area contributed by atoms with Crippen LogP contribution in [0.2, 0.25) is 0 Å². The van der Waals surface area contributed by atoms with Crippen LogP contribution in [0.4, 0.5) is 17.6 Å². The zero-order chi connectivity index (χ0) is 11.5. The molecule has 0 saturated carbocycles. The summed E-state index contributed by atoms with van der Waals surface area (Å²) in [6, 6.07) is 3.71. The zero-order valence-corrected chi connectivity index (χ0v) is 7.35. The van der Waals surface area contributed by atoms with Crippen LogP contribution in [0.1, 0.15) is 11.1 Å². The van der Waals surface area contributed by atoms with Gasteiger partial charge in [-0.3, -0.25) is 0 Å². The molecule has 5 heteroatoms. The van der Waals surface area contributed by atoms with Crippen molar-refractivity contribution < 1.29 is 17.6 Å². The van der Waals surface area contributed by atoms with E-state index in [2.05, 4.69) is 0 Å². The minimum Gasteiger partial charge on any atom is -0.207 e. The van der Waals surface area contributed by atoms with Crippen molar-refractivity contribution in [2.45, 2.75) is 6.18 Å². The maximum absolute atomic E-state index is 12.8. The molecule has 1 aromatic carbocycles. The third-order valence-electron chi connectivity index (χ3n) is 1.60. The van der Waals surface area contributed by atoms with E-state index in [1.165, 1.54) is 0 Å². The van der Waals surface area contributed by atoms with Gasteiger partial charge in [-0.05, 0) is 29.8 Å². The zero-order valence-electron chi connectivity index (χ0n) is 7.35. The summed E-state index contributed by atoms with van der Waals surface area (Å²) in [7, 11) is 0. The number of allylic oxidation sites excluding steroid dienone is 1. The van der Waals surface area contributed by atoms with Crippen LogP contribution < -0.4 is 0 Å². The molecule has 1 aromatic rings. The largest absolute Gasteiger partial charge is 0.416 e. The molecule has 0 aromatic heterocycles. The van der Waals surface area contributed by atoms with Crippen LogP contribution in [0, 0.1) is 17.1 Å². The Kier molecular flexibility index (Phi) is 3.10. The Labute approximate surface area is 83.3 Å². The number of hydrogen-bond acceptors (Lipinski definition) is 1. The molecule has 0 spiro atoms. The molecule has 1 nitrogen and oxygen atoms in total. The van der Waals surface area contributed by atoms with Crippen LogP contribution in [0.25, 0.3) is 6.08 Å². The van der Waals surface area contributed by atoms with Crippen LogP contribution in [-0.2, 0) is 6.18 Å². The number of hydrogen-bond donors (Lipinski definition) is 0. The van der Waals surface area contributed by atoms with E-state index in [1.807, 2.05) is 0 Å². The lowest BCUT2D eigenvalue weighted by Crippen LogP contribution is -2.05. The van der Waals surface area contributed by atoms with Crippen LogP contribution in [-0.4, -0.2) is 0 Å². The molecule has 0 aliphatic rings. The van der Waals surface area contributed by atoms with Gasteiger partial charge < -0.3 is 0 Å². The Morgan fingerprint density at radius 3 is 2.40 bits per heavy atom. The van der Waals surface area contributed by atoms with Crippen molar-refractivity contribution in [3.8, 4) is 6.07 Å². The van der Waals surface area contributed by atoms with Crippen LogP contribution in [0.5, 0.6) is 0 Å². The van der Waals surface area contributed by atoms with Crippen molar-refractivity contribution in [3.63, 3.8) is 0 Å². The summed E-state index contributed by atoms with van der Waals surface area (Å²) in [5.41, 5.74) is -1.07. The van der Waals surface area contributed by atoms with Gasteiger partial charge in [-0.2, -0.15) is 18.4 Å².